The number of nitrogens with one attached hydrogen (secondary N) is 1. The Morgan fingerprint density at radius 1 is 1.24 bits per heavy atom. The summed E-state index contributed by atoms with van der Waals surface area (Å²) in [7, 11) is 0. The summed E-state index contributed by atoms with van der Waals surface area (Å²) in [6.07, 6.45) is 6.31. The van der Waals surface area contributed by atoms with Gasteiger partial charge in [0.15, 0.2) is 0 Å². The van der Waals surface area contributed by atoms with Crippen molar-refractivity contribution in [3.8, 4) is 5.69 Å². The highest BCUT2D eigenvalue weighted by molar-refractivity contribution is 5.31. The van der Waals surface area contributed by atoms with Crippen LogP contribution in [0.15, 0.2) is 42.7 Å². The van der Waals surface area contributed by atoms with Crippen LogP contribution in [0.2, 0.25) is 0 Å². The van der Waals surface area contributed by atoms with Gasteiger partial charge >= 0.3 is 0 Å². The van der Waals surface area contributed by atoms with Crippen molar-refractivity contribution in [2.45, 2.75) is 32.7 Å². The number of hydrogen-bond acceptors (Lipinski definition) is 3. The molecule has 0 saturated heterocycles. The Hall–Kier alpha value is -1.65. The normalized spacial score (nSPS) is 12.5. The summed E-state index contributed by atoms with van der Waals surface area (Å²) in [6.45, 7) is 6.81. The molecule has 114 valence electrons. The van der Waals surface area contributed by atoms with E-state index < -0.39 is 0 Å². The van der Waals surface area contributed by atoms with Crippen LogP contribution in [-0.2, 0) is 4.74 Å². The van der Waals surface area contributed by atoms with E-state index in [1.807, 2.05) is 29.1 Å². The van der Waals surface area contributed by atoms with E-state index >= 15 is 0 Å². The molecule has 2 rings (SSSR count). The molecule has 4 nitrogen and oxygen atoms in total. The van der Waals surface area contributed by atoms with Gasteiger partial charge in [-0.3, -0.25) is 0 Å². The van der Waals surface area contributed by atoms with Gasteiger partial charge in [-0.2, -0.15) is 5.10 Å². The van der Waals surface area contributed by atoms with Gasteiger partial charge in [-0.15, -0.1) is 0 Å². The van der Waals surface area contributed by atoms with Crippen molar-refractivity contribution in [1.29, 1.82) is 0 Å². The van der Waals surface area contributed by atoms with Crippen molar-refractivity contribution in [2.75, 3.05) is 19.8 Å². The number of hydrogen-bond donors (Lipinski definition) is 1. The number of unbranched alkanes of at least 4 members (excludes halogenated alkanes) is 1. The Morgan fingerprint density at radius 2 is 2.05 bits per heavy atom. The van der Waals surface area contributed by atoms with E-state index in [2.05, 4.69) is 42.6 Å². The minimum atomic E-state index is 0.275. The maximum absolute atomic E-state index is 5.55. The van der Waals surface area contributed by atoms with E-state index in [9.17, 15) is 0 Å². The van der Waals surface area contributed by atoms with Gasteiger partial charge in [0.1, 0.15) is 0 Å². The lowest BCUT2D eigenvalue weighted by Gasteiger charge is -2.12. The fourth-order valence-electron chi connectivity index (χ4n) is 2.10. The van der Waals surface area contributed by atoms with Gasteiger partial charge in [0.25, 0.3) is 0 Å². The maximum atomic E-state index is 5.55. The van der Waals surface area contributed by atoms with Crippen LogP contribution in [0.4, 0.5) is 0 Å². The van der Waals surface area contributed by atoms with Crippen molar-refractivity contribution >= 4 is 0 Å². The predicted molar refractivity (Wildman–Crippen MR) is 85.7 cm³/mol. The summed E-state index contributed by atoms with van der Waals surface area (Å²) in [4.78, 5) is 0. The zero-order valence-corrected chi connectivity index (χ0v) is 13.0. The quantitative estimate of drug-likeness (QED) is 0.719. The number of rotatable bonds is 9. The molecule has 0 saturated carbocycles. The van der Waals surface area contributed by atoms with Gasteiger partial charge in [0.2, 0.25) is 0 Å². The van der Waals surface area contributed by atoms with Crippen LogP contribution in [0, 0.1) is 0 Å². The van der Waals surface area contributed by atoms with E-state index in [0.29, 0.717) is 0 Å². The minimum absolute atomic E-state index is 0.275. The Morgan fingerprint density at radius 3 is 2.81 bits per heavy atom. The molecule has 4 heteroatoms. The maximum Gasteiger partial charge on any atom is 0.0645 e. The third-order valence-corrected chi connectivity index (χ3v) is 3.46. The van der Waals surface area contributed by atoms with Gasteiger partial charge in [-0.1, -0.05) is 31.5 Å². The van der Waals surface area contributed by atoms with Crippen molar-refractivity contribution in [2.24, 2.45) is 0 Å². The Kier molecular flexibility index (Phi) is 6.44. The van der Waals surface area contributed by atoms with Gasteiger partial charge in [0.05, 0.1) is 18.5 Å². The lowest BCUT2D eigenvalue weighted by atomic mass is 10.2. The highest BCUT2D eigenvalue weighted by atomic mass is 16.5. The van der Waals surface area contributed by atoms with Crippen LogP contribution in [-0.4, -0.2) is 29.5 Å². The standard InChI is InChI=1S/C17H25N3O/c1-3-4-11-21-12-10-18-15(2)16-13-19-20(14-16)17-8-6-5-7-9-17/h5-9,13-15,18H,3-4,10-12H2,1-2H3. The SMILES string of the molecule is CCCCOCCNC(C)c1cnn(-c2ccccc2)c1. The van der Waals surface area contributed by atoms with E-state index in [0.717, 1.165) is 31.9 Å². The van der Waals surface area contributed by atoms with Crippen LogP contribution in [0.5, 0.6) is 0 Å². The molecule has 2 aromatic rings. The number of benzene rings is 1. The molecule has 0 spiro atoms. The first-order chi connectivity index (χ1) is 10.3. The second kappa shape index (κ2) is 8.60. The molecule has 0 fully saturated rings. The summed E-state index contributed by atoms with van der Waals surface area (Å²) in [6, 6.07) is 10.4. The second-order valence-electron chi connectivity index (χ2n) is 5.20. The molecule has 21 heavy (non-hydrogen) atoms. The van der Waals surface area contributed by atoms with Gasteiger partial charge in [-0.05, 0) is 25.5 Å². The number of ether oxygens (including phenoxy) is 1. The summed E-state index contributed by atoms with van der Waals surface area (Å²) in [5.41, 5.74) is 2.27. The summed E-state index contributed by atoms with van der Waals surface area (Å²) in [5.74, 6) is 0. The lowest BCUT2D eigenvalue weighted by molar-refractivity contribution is 0.131. The Balaban J connectivity index is 1.78. The first-order valence-corrected chi connectivity index (χ1v) is 7.72. The largest absolute Gasteiger partial charge is 0.380 e. The molecule has 0 aliphatic rings. The average Bonchev–Trinajstić information content (AvgIpc) is 3.01. The molecule has 0 radical (unpaired) electrons. The highest BCUT2D eigenvalue weighted by Crippen LogP contribution is 2.13. The highest BCUT2D eigenvalue weighted by Gasteiger charge is 2.08. The zero-order valence-electron chi connectivity index (χ0n) is 13.0. The minimum Gasteiger partial charge on any atom is -0.380 e. The van der Waals surface area contributed by atoms with Crippen LogP contribution in [0.1, 0.15) is 38.3 Å². The molecule has 0 aliphatic carbocycles. The predicted octanol–water partition coefficient (Wildman–Crippen LogP) is 3.34. The summed E-state index contributed by atoms with van der Waals surface area (Å²) in [5, 5.41) is 7.88. The summed E-state index contributed by atoms with van der Waals surface area (Å²) >= 11 is 0. The van der Waals surface area contributed by atoms with Crippen molar-refractivity contribution in [3.63, 3.8) is 0 Å². The van der Waals surface area contributed by atoms with Gasteiger partial charge in [0, 0.05) is 31.0 Å². The zero-order chi connectivity index (χ0) is 14.9. The molecule has 1 N–H and O–H groups in total. The molecule has 0 bridgehead atoms. The van der Waals surface area contributed by atoms with Crippen LogP contribution >= 0.6 is 0 Å². The molecular weight excluding hydrogens is 262 g/mol. The van der Waals surface area contributed by atoms with E-state index in [1.54, 1.807) is 0 Å². The first-order valence-electron chi connectivity index (χ1n) is 7.72. The van der Waals surface area contributed by atoms with E-state index in [-0.39, 0.29) is 6.04 Å². The molecule has 1 atom stereocenters. The molecule has 0 aliphatic heterocycles. The smallest absolute Gasteiger partial charge is 0.0645 e. The van der Waals surface area contributed by atoms with Gasteiger partial charge < -0.3 is 10.1 Å². The molecule has 0 amide bonds. The topological polar surface area (TPSA) is 39.1 Å². The fraction of sp³-hybridized carbons (Fsp3) is 0.471. The molecular formula is C17H25N3O. The fourth-order valence-corrected chi connectivity index (χ4v) is 2.10. The molecule has 1 aromatic carbocycles. The number of para-hydroxylation sites is 1. The Labute approximate surface area is 127 Å². The molecule has 1 aromatic heterocycles. The average molecular weight is 287 g/mol. The molecule has 1 unspecified atom stereocenters. The monoisotopic (exact) mass is 287 g/mol. The van der Waals surface area contributed by atoms with Gasteiger partial charge in [-0.25, -0.2) is 4.68 Å². The molecule has 1 heterocycles. The third-order valence-electron chi connectivity index (χ3n) is 3.46. The van der Waals surface area contributed by atoms with Crippen molar-refractivity contribution in [1.82, 2.24) is 15.1 Å². The van der Waals surface area contributed by atoms with Crippen molar-refractivity contribution < 1.29 is 4.74 Å². The van der Waals surface area contributed by atoms with E-state index in [1.165, 1.54) is 12.0 Å². The van der Waals surface area contributed by atoms with Crippen LogP contribution < -0.4 is 5.32 Å². The van der Waals surface area contributed by atoms with Crippen molar-refractivity contribution in [3.05, 3.63) is 48.3 Å². The lowest BCUT2D eigenvalue weighted by Crippen LogP contribution is -2.23. The van der Waals surface area contributed by atoms with Crippen LogP contribution in [0.25, 0.3) is 5.69 Å². The first kappa shape index (κ1) is 15.7. The number of nitrogens with zero attached hydrogens (tertiary/aromatic N) is 2. The third kappa shape index (κ3) is 4.99. The summed E-state index contributed by atoms with van der Waals surface area (Å²) < 4.78 is 7.46. The number of aromatic nitrogens is 2. The Bertz CT molecular complexity index is 510. The second-order valence-corrected chi connectivity index (χ2v) is 5.20. The van der Waals surface area contributed by atoms with E-state index in [4.69, 9.17) is 4.74 Å². The van der Waals surface area contributed by atoms with Crippen LogP contribution in [0.3, 0.4) is 0 Å².